The van der Waals surface area contributed by atoms with Crippen LogP contribution in [0.15, 0.2) is 22.6 Å². The number of likely N-dealkylation sites (N-methyl/N-ethyl adjacent to an activating group) is 1. The summed E-state index contributed by atoms with van der Waals surface area (Å²) in [6.45, 7) is 6.30. The number of aryl methyl sites for hydroxylation is 1. The zero-order valence-corrected chi connectivity index (χ0v) is 13.9. The van der Waals surface area contributed by atoms with E-state index in [9.17, 15) is 14.7 Å². The fourth-order valence-electron chi connectivity index (χ4n) is 2.27. The summed E-state index contributed by atoms with van der Waals surface area (Å²) in [6, 6.07) is 1.75. The van der Waals surface area contributed by atoms with E-state index < -0.39 is 5.60 Å². The lowest BCUT2D eigenvalue weighted by molar-refractivity contribution is -0.134. The van der Waals surface area contributed by atoms with Crippen molar-refractivity contribution < 1.29 is 9.90 Å². The van der Waals surface area contributed by atoms with Crippen molar-refractivity contribution in [2.75, 3.05) is 13.1 Å². The van der Waals surface area contributed by atoms with Crippen LogP contribution in [0.2, 0.25) is 0 Å². The first-order valence-electron chi connectivity index (χ1n) is 7.24. The number of amides is 1. The Morgan fingerprint density at radius 2 is 2.23 bits per heavy atom. The summed E-state index contributed by atoms with van der Waals surface area (Å²) in [5, 5.41) is 12.3. The minimum Gasteiger partial charge on any atom is -0.389 e. The molecule has 0 spiro atoms. The highest BCUT2D eigenvalue weighted by Crippen LogP contribution is 2.13. The van der Waals surface area contributed by atoms with Gasteiger partial charge in [-0.15, -0.1) is 11.3 Å². The molecule has 2 rings (SSSR count). The molecule has 0 fully saturated rings. The van der Waals surface area contributed by atoms with Gasteiger partial charge in [0.05, 0.1) is 17.3 Å². The molecule has 0 aliphatic carbocycles. The predicted octanol–water partition coefficient (Wildman–Crippen LogP) is 1.47. The number of nitrogens with zero attached hydrogens (tertiary/aromatic N) is 3. The van der Waals surface area contributed by atoms with Crippen molar-refractivity contribution >= 4 is 27.5 Å². The summed E-state index contributed by atoms with van der Waals surface area (Å²) < 4.78 is 1.46. The molecule has 6 nitrogen and oxygen atoms in total. The van der Waals surface area contributed by atoms with Crippen LogP contribution in [0.3, 0.4) is 0 Å². The van der Waals surface area contributed by atoms with Gasteiger partial charge in [0.15, 0.2) is 0 Å². The van der Waals surface area contributed by atoms with Crippen molar-refractivity contribution in [2.45, 2.75) is 39.3 Å². The van der Waals surface area contributed by atoms with Crippen LogP contribution in [0.25, 0.3) is 10.2 Å². The number of aromatic nitrogens is 2. The molecule has 0 unspecified atom stereocenters. The average molecular weight is 323 g/mol. The van der Waals surface area contributed by atoms with Crippen LogP contribution in [0.4, 0.5) is 0 Å². The molecule has 2 heterocycles. The zero-order chi connectivity index (χ0) is 16.3. The summed E-state index contributed by atoms with van der Waals surface area (Å²) in [5.74, 6) is -0.0815. The van der Waals surface area contributed by atoms with Gasteiger partial charge >= 0.3 is 0 Å². The lowest BCUT2D eigenvalue weighted by Gasteiger charge is -2.28. The Labute approximate surface area is 133 Å². The van der Waals surface area contributed by atoms with E-state index in [1.807, 2.05) is 12.3 Å². The highest BCUT2D eigenvalue weighted by Gasteiger charge is 2.21. The Hall–Kier alpha value is -1.73. The average Bonchev–Trinajstić information content (AvgIpc) is 2.92. The van der Waals surface area contributed by atoms with Gasteiger partial charge < -0.3 is 10.0 Å². The Bertz CT molecular complexity index is 715. The normalized spacial score (nSPS) is 11.8. The number of rotatable bonds is 6. The molecule has 0 radical (unpaired) electrons. The smallest absolute Gasteiger partial charge is 0.262 e. The second-order valence-corrected chi connectivity index (χ2v) is 6.75. The van der Waals surface area contributed by atoms with Crippen molar-refractivity contribution in [1.82, 2.24) is 14.5 Å². The summed E-state index contributed by atoms with van der Waals surface area (Å²) in [7, 11) is 0. The van der Waals surface area contributed by atoms with Gasteiger partial charge in [-0.3, -0.25) is 14.2 Å². The molecule has 0 aliphatic rings. The number of thiophene rings is 1. The van der Waals surface area contributed by atoms with Crippen LogP contribution < -0.4 is 5.56 Å². The van der Waals surface area contributed by atoms with E-state index in [0.29, 0.717) is 23.3 Å². The van der Waals surface area contributed by atoms with Crippen LogP contribution in [0, 0.1) is 0 Å². The van der Waals surface area contributed by atoms with E-state index in [4.69, 9.17) is 0 Å². The number of hydrogen-bond donors (Lipinski definition) is 1. The SMILES string of the molecule is CCN(CC(C)(C)O)C(=O)CCn1cnc2sccc2c1=O. The van der Waals surface area contributed by atoms with Gasteiger partial charge in [-0.2, -0.15) is 0 Å². The number of carbonyl (C=O) groups excluding carboxylic acids is 1. The number of hydrogen-bond acceptors (Lipinski definition) is 5. The first-order valence-corrected chi connectivity index (χ1v) is 8.12. The first-order chi connectivity index (χ1) is 10.3. The van der Waals surface area contributed by atoms with Crippen molar-refractivity contribution in [2.24, 2.45) is 0 Å². The van der Waals surface area contributed by atoms with Crippen molar-refractivity contribution in [1.29, 1.82) is 0 Å². The van der Waals surface area contributed by atoms with Crippen molar-refractivity contribution in [3.8, 4) is 0 Å². The van der Waals surface area contributed by atoms with Crippen LogP contribution in [-0.4, -0.2) is 44.2 Å². The first kappa shape index (κ1) is 16.6. The van der Waals surface area contributed by atoms with Crippen molar-refractivity contribution in [3.05, 3.63) is 28.1 Å². The number of fused-ring (bicyclic) bond motifs is 1. The second-order valence-electron chi connectivity index (χ2n) is 5.85. The number of carbonyl (C=O) groups is 1. The van der Waals surface area contributed by atoms with Gasteiger partial charge in [0, 0.05) is 26.1 Å². The molecule has 1 N–H and O–H groups in total. The molecule has 0 aliphatic heterocycles. The van der Waals surface area contributed by atoms with E-state index in [0.717, 1.165) is 0 Å². The molecule has 120 valence electrons. The lowest BCUT2D eigenvalue weighted by atomic mass is 10.1. The maximum Gasteiger partial charge on any atom is 0.262 e. The fraction of sp³-hybridized carbons (Fsp3) is 0.533. The highest BCUT2D eigenvalue weighted by molar-refractivity contribution is 7.16. The van der Waals surface area contributed by atoms with Gasteiger partial charge in [-0.1, -0.05) is 0 Å². The summed E-state index contributed by atoms with van der Waals surface area (Å²) >= 11 is 1.42. The molecule has 7 heteroatoms. The lowest BCUT2D eigenvalue weighted by Crippen LogP contribution is -2.42. The molecule has 0 aromatic carbocycles. The van der Waals surface area contributed by atoms with Gasteiger partial charge in [0.2, 0.25) is 5.91 Å². The molecular formula is C15H21N3O3S. The summed E-state index contributed by atoms with van der Waals surface area (Å²) in [5.41, 5.74) is -1.05. The topological polar surface area (TPSA) is 75.4 Å². The van der Waals surface area contributed by atoms with Gasteiger partial charge in [-0.05, 0) is 32.2 Å². The van der Waals surface area contributed by atoms with Crippen LogP contribution >= 0.6 is 11.3 Å². The minimum absolute atomic E-state index is 0.0815. The number of aliphatic hydroxyl groups is 1. The van der Waals surface area contributed by atoms with Crippen molar-refractivity contribution in [3.63, 3.8) is 0 Å². The van der Waals surface area contributed by atoms with E-state index >= 15 is 0 Å². The third kappa shape index (κ3) is 3.92. The molecule has 0 bridgehead atoms. The zero-order valence-electron chi connectivity index (χ0n) is 13.1. The Balaban J connectivity index is 2.06. The van der Waals surface area contributed by atoms with E-state index in [1.54, 1.807) is 24.8 Å². The largest absolute Gasteiger partial charge is 0.389 e. The Morgan fingerprint density at radius 1 is 1.50 bits per heavy atom. The summed E-state index contributed by atoms with van der Waals surface area (Å²) in [6.07, 6.45) is 1.70. The molecule has 2 aromatic heterocycles. The quantitative estimate of drug-likeness (QED) is 0.873. The van der Waals surface area contributed by atoms with Gasteiger partial charge in [0.1, 0.15) is 4.83 Å². The van der Waals surface area contributed by atoms with Crippen LogP contribution in [0.5, 0.6) is 0 Å². The third-order valence-electron chi connectivity index (χ3n) is 3.33. The standard InChI is InChI=1S/C15H21N3O3S/c1-4-17(9-15(2,3)21)12(19)5-7-18-10-16-13-11(14(18)20)6-8-22-13/h6,8,10,21H,4-5,7,9H2,1-3H3. The molecule has 0 saturated carbocycles. The predicted molar refractivity (Wildman–Crippen MR) is 87.0 cm³/mol. The third-order valence-corrected chi connectivity index (χ3v) is 4.15. The maximum absolute atomic E-state index is 12.2. The second kappa shape index (κ2) is 6.58. The fourth-order valence-corrected chi connectivity index (χ4v) is 2.99. The molecule has 0 atom stereocenters. The minimum atomic E-state index is -0.931. The molecular weight excluding hydrogens is 302 g/mol. The molecule has 0 saturated heterocycles. The van der Waals surface area contributed by atoms with Gasteiger partial charge in [0.25, 0.3) is 5.56 Å². The molecule has 1 amide bonds. The maximum atomic E-state index is 12.2. The van der Waals surface area contributed by atoms with E-state index in [-0.39, 0.29) is 24.4 Å². The monoisotopic (exact) mass is 323 g/mol. The van der Waals surface area contributed by atoms with Gasteiger partial charge in [-0.25, -0.2) is 4.98 Å². The highest BCUT2D eigenvalue weighted by atomic mass is 32.1. The van der Waals surface area contributed by atoms with E-state index in [2.05, 4.69) is 4.98 Å². The van der Waals surface area contributed by atoms with Crippen LogP contribution in [-0.2, 0) is 11.3 Å². The summed E-state index contributed by atoms with van der Waals surface area (Å²) in [4.78, 5) is 31.0. The Kier molecular flexibility index (Phi) is 4.97. The molecule has 2 aromatic rings. The van der Waals surface area contributed by atoms with E-state index in [1.165, 1.54) is 22.2 Å². The molecule has 22 heavy (non-hydrogen) atoms. The van der Waals surface area contributed by atoms with Crippen LogP contribution in [0.1, 0.15) is 27.2 Å². The Morgan fingerprint density at radius 3 is 2.86 bits per heavy atom.